The third kappa shape index (κ3) is 3.96. The molecule has 1 aliphatic rings. The van der Waals surface area contributed by atoms with Gasteiger partial charge in [0, 0.05) is 22.9 Å². The summed E-state index contributed by atoms with van der Waals surface area (Å²) in [4.78, 5) is 4.44. The molecular weight excluding hydrogens is 309 g/mol. The highest BCUT2D eigenvalue weighted by Crippen LogP contribution is 2.23. The zero-order chi connectivity index (χ0) is 14.7. The zero-order valence-electron chi connectivity index (χ0n) is 11.6. The summed E-state index contributed by atoms with van der Waals surface area (Å²) in [5.41, 5.74) is 0.952. The molecule has 112 valence electrons. The second-order valence-electron chi connectivity index (χ2n) is 5.41. The highest BCUT2D eigenvalue weighted by molar-refractivity contribution is 6.35. The van der Waals surface area contributed by atoms with E-state index in [4.69, 9.17) is 27.7 Å². The van der Waals surface area contributed by atoms with Gasteiger partial charge in [-0.25, -0.2) is 0 Å². The number of rotatable bonds is 5. The first-order valence-electron chi connectivity index (χ1n) is 7.17. The Morgan fingerprint density at radius 3 is 3.00 bits per heavy atom. The van der Waals surface area contributed by atoms with Crippen molar-refractivity contribution in [1.29, 1.82) is 0 Å². The minimum atomic E-state index is 0.560. The average Bonchev–Trinajstić information content (AvgIpc) is 3.11. The summed E-state index contributed by atoms with van der Waals surface area (Å²) in [5, 5.41) is 8.65. The van der Waals surface area contributed by atoms with Crippen LogP contribution in [-0.2, 0) is 12.8 Å². The molecule has 1 aromatic heterocycles. The van der Waals surface area contributed by atoms with Crippen LogP contribution in [0.15, 0.2) is 22.7 Å². The first-order valence-corrected chi connectivity index (χ1v) is 7.92. The molecule has 0 aliphatic carbocycles. The fraction of sp³-hybridized carbons (Fsp3) is 0.467. The van der Waals surface area contributed by atoms with E-state index in [-0.39, 0.29) is 0 Å². The molecule has 1 atom stereocenters. The number of benzene rings is 1. The first kappa shape index (κ1) is 14.8. The summed E-state index contributed by atoms with van der Waals surface area (Å²) in [7, 11) is 0. The van der Waals surface area contributed by atoms with Gasteiger partial charge in [-0.2, -0.15) is 4.98 Å². The zero-order valence-corrected chi connectivity index (χ0v) is 13.1. The number of hydrogen-bond donors (Lipinski definition) is 1. The third-order valence-electron chi connectivity index (χ3n) is 3.80. The van der Waals surface area contributed by atoms with Crippen LogP contribution in [-0.4, -0.2) is 23.2 Å². The number of nitrogens with one attached hydrogen (secondary N) is 1. The Morgan fingerprint density at radius 1 is 1.33 bits per heavy atom. The molecule has 1 aromatic carbocycles. The standard InChI is InChI=1S/C15H17Cl2N3O/c16-12-3-2-11(13(17)8-12)7-14-19-15(21-20-14)4-1-10-5-6-18-9-10/h2-3,8,10,18H,1,4-7,9H2. The fourth-order valence-electron chi connectivity index (χ4n) is 2.59. The van der Waals surface area contributed by atoms with Gasteiger partial charge in [0.1, 0.15) is 0 Å². The Kier molecular flexibility index (Phi) is 4.78. The summed E-state index contributed by atoms with van der Waals surface area (Å²) in [5.74, 6) is 2.10. The third-order valence-corrected chi connectivity index (χ3v) is 4.39. The van der Waals surface area contributed by atoms with Gasteiger partial charge in [-0.05, 0) is 49.5 Å². The van der Waals surface area contributed by atoms with Crippen molar-refractivity contribution in [3.8, 4) is 0 Å². The molecule has 2 aromatic rings. The second kappa shape index (κ2) is 6.77. The van der Waals surface area contributed by atoms with E-state index in [1.54, 1.807) is 6.07 Å². The van der Waals surface area contributed by atoms with Crippen LogP contribution in [0.2, 0.25) is 10.0 Å². The molecule has 4 nitrogen and oxygen atoms in total. The van der Waals surface area contributed by atoms with Crippen molar-refractivity contribution in [2.24, 2.45) is 5.92 Å². The monoisotopic (exact) mass is 325 g/mol. The molecule has 0 spiro atoms. The van der Waals surface area contributed by atoms with Gasteiger partial charge in [-0.3, -0.25) is 0 Å². The van der Waals surface area contributed by atoms with Crippen LogP contribution >= 0.6 is 23.2 Å². The lowest BCUT2D eigenvalue weighted by molar-refractivity contribution is 0.361. The number of hydrogen-bond acceptors (Lipinski definition) is 4. The lowest BCUT2D eigenvalue weighted by atomic mass is 10.0. The molecule has 1 unspecified atom stereocenters. The van der Waals surface area contributed by atoms with Gasteiger partial charge < -0.3 is 9.84 Å². The predicted molar refractivity (Wildman–Crippen MR) is 82.9 cm³/mol. The van der Waals surface area contributed by atoms with Crippen LogP contribution < -0.4 is 5.32 Å². The van der Waals surface area contributed by atoms with E-state index in [2.05, 4.69) is 15.5 Å². The average molecular weight is 326 g/mol. The molecule has 1 N–H and O–H groups in total. The van der Waals surface area contributed by atoms with Crippen LogP contribution in [0.3, 0.4) is 0 Å². The molecule has 21 heavy (non-hydrogen) atoms. The predicted octanol–water partition coefficient (Wildman–Crippen LogP) is 3.51. The van der Waals surface area contributed by atoms with Crippen LogP contribution in [0.4, 0.5) is 0 Å². The van der Waals surface area contributed by atoms with Crippen molar-refractivity contribution in [1.82, 2.24) is 15.5 Å². The van der Waals surface area contributed by atoms with E-state index < -0.39 is 0 Å². The smallest absolute Gasteiger partial charge is 0.226 e. The maximum absolute atomic E-state index is 6.16. The highest BCUT2D eigenvalue weighted by atomic mass is 35.5. The molecule has 0 amide bonds. The summed E-state index contributed by atoms with van der Waals surface area (Å²) in [6.45, 7) is 2.22. The molecule has 0 saturated carbocycles. The fourth-order valence-corrected chi connectivity index (χ4v) is 3.06. The number of nitrogens with zero attached hydrogens (tertiary/aromatic N) is 2. The van der Waals surface area contributed by atoms with Gasteiger partial charge in [-0.15, -0.1) is 0 Å². The van der Waals surface area contributed by atoms with Crippen LogP contribution in [0.25, 0.3) is 0 Å². The molecular formula is C15H17Cl2N3O. The van der Waals surface area contributed by atoms with Gasteiger partial charge >= 0.3 is 0 Å². The van der Waals surface area contributed by atoms with Crippen molar-refractivity contribution in [2.75, 3.05) is 13.1 Å². The largest absolute Gasteiger partial charge is 0.339 e. The van der Waals surface area contributed by atoms with Crippen LogP contribution in [0.1, 0.15) is 30.1 Å². The molecule has 0 bridgehead atoms. The Hall–Kier alpha value is -1.10. The quantitative estimate of drug-likeness (QED) is 0.913. The normalized spacial score (nSPS) is 18.3. The van der Waals surface area contributed by atoms with E-state index in [0.717, 1.165) is 37.4 Å². The Bertz CT molecular complexity index is 609. The maximum Gasteiger partial charge on any atom is 0.226 e. The highest BCUT2D eigenvalue weighted by Gasteiger charge is 2.16. The number of aromatic nitrogens is 2. The van der Waals surface area contributed by atoms with Crippen molar-refractivity contribution in [2.45, 2.75) is 25.7 Å². The summed E-state index contributed by atoms with van der Waals surface area (Å²) in [6.07, 6.45) is 3.73. The van der Waals surface area contributed by atoms with Gasteiger partial charge in [0.2, 0.25) is 5.89 Å². The van der Waals surface area contributed by atoms with E-state index in [9.17, 15) is 0 Å². The molecule has 1 aliphatic heterocycles. The van der Waals surface area contributed by atoms with E-state index in [0.29, 0.717) is 28.2 Å². The van der Waals surface area contributed by atoms with E-state index >= 15 is 0 Å². The second-order valence-corrected chi connectivity index (χ2v) is 6.26. The molecule has 0 radical (unpaired) electrons. The summed E-state index contributed by atoms with van der Waals surface area (Å²) >= 11 is 12.0. The SMILES string of the molecule is Clc1ccc(Cc2noc(CCC3CCNC3)n2)c(Cl)c1. The van der Waals surface area contributed by atoms with Gasteiger partial charge in [0.15, 0.2) is 5.82 Å². The van der Waals surface area contributed by atoms with Gasteiger partial charge in [0.25, 0.3) is 0 Å². The molecule has 1 saturated heterocycles. The van der Waals surface area contributed by atoms with E-state index in [1.807, 2.05) is 12.1 Å². The Morgan fingerprint density at radius 2 is 2.24 bits per heavy atom. The summed E-state index contributed by atoms with van der Waals surface area (Å²) < 4.78 is 5.31. The minimum Gasteiger partial charge on any atom is -0.339 e. The number of halogens is 2. The van der Waals surface area contributed by atoms with Gasteiger partial charge in [-0.1, -0.05) is 34.4 Å². The molecule has 2 heterocycles. The topological polar surface area (TPSA) is 51.0 Å². The van der Waals surface area contributed by atoms with Crippen LogP contribution in [0, 0.1) is 5.92 Å². The Labute approximate surface area is 133 Å². The van der Waals surface area contributed by atoms with Crippen molar-refractivity contribution in [3.05, 3.63) is 45.5 Å². The maximum atomic E-state index is 6.16. The minimum absolute atomic E-state index is 0.560. The van der Waals surface area contributed by atoms with Gasteiger partial charge in [0.05, 0.1) is 0 Å². The van der Waals surface area contributed by atoms with Crippen LogP contribution in [0.5, 0.6) is 0 Å². The van der Waals surface area contributed by atoms with Crippen molar-refractivity contribution < 1.29 is 4.52 Å². The van der Waals surface area contributed by atoms with Crippen molar-refractivity contribution >= 4 is 23.2 Å². The number of aryl methyl sites for hydroxylation is 1. The van der Waals surface area contributed by atoms with Crippen molar-refractivity contribution in [3.63, 3.8) is 0 Å². The molecule has 1 fully saturated rings. The Balaban J connectivity index is 1.59. The van der Waals surface area contributed by atoms with E-state index in [1.165, 1.54) is 6.42 Å². The lowest BCUT2D eigenvalue weighted by Gasteiger charge is -2.04. The summed E-state index contributed by atoms with van der Waals surface area (Å²) in [6, 6.07) is 5.44. The molecule has 6 heteroatoms. The molecule has 3 rings (SSSR count). The first-order chi connectivity index (χ1) is 10.2. The lowest BCUT2D eigenvalue weighted by Crippen LogP contribution is -2.09.